The molecular weight excluding hydrogens is 283 g/mol. The van der Waals surface area contributed by atoms with Gasteiger partial charge in [0.25, 0.3) is 0 Å². The van der Waals surface area contributed by atoms with Crippen LogP contribution >= 0.6 is 11.8 Å². The maximum Gasteiger partial charge on any atom is 0.123 e. The van der Waals surface area contributed by atoms with Crippen molar-refractivity contribution in [3.63, 3.8) is 0 Å². The van der Waals surface area contributed by atoms with Crippen molar-refractivity contribution in [3.8, 4) is 0 Å². The van der Waals surface area contributed by atoms with Gasteiger partial charge in [-0.15, -0.1) is 0 Å². The Bertz CT molecular complexity index is 383. The van der Waals surface area contributed by atoms with Gasteiger partial charge >= 0.3 is 0 Å². The molecule has 0 spiro atoms. The highest BCUT2D eigenvalue weighted by Gasteiger charge is 2.15. The van der Waals surface area contributed by atoms with Crippen molar-refractivity contribution >= 4 is 11.8 Å². The average Bonchev–Trinajstić information content (AvgIpc) is 2.49. The van der Waals surface area contributed by atoms with Crippen LogP contribution in [0.4, 0.5) is 4.39 Å². The van der Waals surface area contributed by atoms with E-state index in [0.29, 0.717) is 12.1 Å². The molecule has 2 unspecified atom stereocenters. The highest BCUT2D eigenvalue weighted by atomic mass is 32.2. The molecule has 4 heteroatoms. The number of hydrogen-bond acceptors (Lipinski definition) is 3. The number of nitrogens with one attached hydrogen (secondary N) is 1. The fraction of sp³-hybridized carbons (Fsp3) is 0.647. The lowest BCUT2D eigenvalue weighted by Gasteiger charge is -2.28. The van der Waals surface area contributed by atoms with E-state index in [4.69, 9.17) is 0 Å². The van der Waals surface area contributed by atoms with E-state index in [0.717, 1.165) is 19.5 Å². The van der Waals surface area contributed by atoms with Gasteiger partial charge in [-0.2, -0.15) is 11.8 Å². The summed E-state index contributed by atoms with van der Waals surface area (Å²) in [6.07, 6.45) is 4.39. The standard InChI is InChI=1S/C17H29FN2S/c1-5-16(13-21-4)20(3)12-11-17(19-6-2)14-7-9-15(18)10-8-14/h7-10,16-17,19H,5-6,11-13H2,1-4H3. The first kappa shape index (κ1) is 18.5. The number of hydrogen-bond donors (Lipinski definition) is 1. The minimum Gasteiger partial charge on any atom is -0.310 e. The summed E-state index contributed by atoms with van der Waals surface area (Å²) in [6, 6.07) is 7.81. The molecule has 1 aromatic carbocycles. The zero-order valence-electron chi connectivity index (χ0n) is 13.7. The highest BCUT2D eigenvalue weighted by Crippen LogP contribution is 2.19. The Morgan fingerprint density at radius 3 is 2.43 bits per heavy atom. The molecule has 0 aliphatic rings. The summed E-state index contributed by atoms with van der Waals surface area (Å²) in [5, 5.41) is 3.51. The van der Waals surface area contributed by atoms with Crippen molar-refractivity contribution in [1.29, 1.82) is 0 Å². The monoisotopic (exact) mass is 312 g/mol. The molecule has 1 aromatic rings. The average molecular weight is 312 g/mol. The minimum atomic E-state index is -0.169. The SMILES string of the molecule is CCNC(CCN(C)C(CC)CSC)c1ccc(F)cc1. The third kappa shape index (κ3) is 6.37. The summed E-state index contributed by atoms with van der Waals surface area (Å²) in [5.41, 5.74) is 1.17. The van der Waals surface area contributed by atoms with Gasteiger partial charge in [-0.25, -0.2) is 4.39 Å². The van der Waals surface area contributed by atoms with Crippen LogP contribution in [0, 0.1) is 5.82 Å². The van der Waals surface area contributed by atoms with Crippen LogP contribution in [0.1, 0.15) is 38.3 Å². The normalized spacial score (nSPS) is 14.4. The molecule has 0 bridgehead atoms. The lowest BCUT2D eigenvalue weighted by atomic mass is 10.0. The molecule has 0 heterocycles. The van der Waals surface area contributed by atoms with Gasteiger partial charge in [-0.3, -0.25) is 0 Å². The molecule has 1 N–H and O–H groups in total. The third-order valence-electron chi connectivity index (χ3n) is 3.95. The molecule has 1 rings (SSSR count). The number of rotatable bonds is 10. The van der Waals surface area contributed by atoms with Crippen molar-refractivity contribution in [2.24, 2.45) is 0 Å². The second-order valence-corrected chi connectivity index (χ2v) is 6.36. The molecule has 2 nitrogen and oxygen atoms in total. The van der Waals surface area contributed by atoms with Gasteiger partial charge in [0, 0.05) is 17.8 Å². The summed E-state index contributed by atoms with van der Waals surface area (Å²) >= 11 is 1.91. The van der Waals surface area contributed by atoms with Gasteiger partial charge in [0.15, 0.2) is 0 Å². The predicted octanol–water partition coefficient (Wildman–Crippen LogP) is 3.94. The van der Waals surface area contributed by atoms with Crippen molar-refractivity contribution in [2.45, 2.75) is 38.8 Å². The molecule has 0 amide bonds. The first-order chi connectivity index (χ1) is 10.1. The summed E-state index contributed by atoms with van der Waals surface area (Å²) in [6.45, 7) is 6.34. The Labute approximate surface area is 133 Å². The third-order valence-corrected chi connectivity index (χ3v) is 4.67. The first-order valence-electron chi connectivity index (χ1n) is 7.80. The molecule has 2 atom stereocenters. The van der Waals surface area contributed by atoms with Crippen LogP contribution in [0.15, 0.2) is 24.3 Å². The second-order valence-electron chi connectivity index (χ2n) is 5.45. The van der Waals surface area contributed by atoms with Crippen molar-refractivity contribution < 1.29 is 4.39 Å². The van der Waals surface area contributed by atoms with Crippen LogP contribution in [-0.2, 0) is 0 Å². The maximum atomic E-state index is 13.1. The van der Waals surface area contributed by atoms with Gasteiger partial charge in [0.2, 0.25) is 0 Å². The lowest BCUT2D eigenvalue weighted by molar-refractivity contribution is 0.241. The zero-order valence-corrected chi connectivity index (χ0v) is 14.5. The topological polar surface area (TPSA) is 15.3 Å². The molecule has 0 saturated heterocycles. The van der Waals surface area contributed by atoms with E-state index in [-0.39, 0.29) is 5.82 Å². The summed E-state index contributed by atoms with van der Waals surface area (Å²) in [7, 11) is 2.21. The van der Waals surface area contributed by atoms with Gasteiger partial charge in [0.05, 0.1) is 0 Å². The van der Waals surface area contributed by atoms with Crippen LogP contribution in [-0.4, -0.2) is 43.1 Å². The second kappa shape index (κ2) is 10.2. The van der Waals surface area contributed by atoms with E-state index in [1.165, 1.54) is 17.7 Å². The van der Waals surface area contributed by atoms with E-state index in [9.17, 15) is 4.39 Å². The Morgan fingerprint density at radius 1 is 1.24 bits per heavy atom. The summed E-state index contributed by atoms with van der Waals surface area (Å²) in [4.78, 5) is 2.45. The van der Waals surface area contributed by atoms with Crippen molar-refractivity contribution in [1.82, 2.24) is 10.2 Å². The lowest BCUT2D eigenvalue weighted by Crippen LogP contribution is -2.36. The number of nitrogens with zero attached hydrogens (tertiary/aromatic N) is 1. The summed E-state index contributed by atoms with van der Waals surface area (Å²) in [5.74, 6) is 1.01. The van der Waals surface area contributed by atoms with Crippen LogP contribution in [0.2, 0.25) is 0 Å². The van der Waals surface area contributed by atoms with Gasteiger partial charge in [-0.1, -0.05) is 26.0 Å². The molecule has 120 valence electrons. The van der Waals surface area contributed by atoms with Crippen molar-refractivity contribution in [3.05, 3.63) is 35.6 Å². The predicted molar refractivity (Wildman–Crippen MR) is 92.5 cm³/mol. The Kier molecular flexibility index (Phi) is 8.97. The smallest absolute Gasteiger partial charge is 0.123 e. The largest absolute Gasteiger partial charge is 0.310 e. The van der Waals surface area contributed by atoms with Crippen LogP contribution in [0.25, 0.3) is 0 Å². The molecule has 0 saturated carbocycles. The maximum absolute atomic E-state index is 13.1. The summed E-state index contributed by atoms with van der Waals surface area (Å²) < 4.78 is 13.1. The van der Waals surface area contributed by atoms with E-state index in [2.05, 4.69) is 37.4 Å². The van der Waals surface area contributed by atoms with E-state index in [1.54, 1.807) is 12.1 Å². The highest BCUT2D eigenvalue weighted by molar-refractivity contribution is 7.98. The first-order valence-corrected chi connectivity index (χ1v) is 9.19. The Hall–Kier alpha value is -0.580. The fourth-order valence-corrected chi connectivity index (χ4v) is 3.47. The molecular formula is C17H29FN2S. The Balaban J connectivity index is 2.60. The molecule has 0 aliphatic heterocycles. The fourth-order valence-electron chi connectivity index (χ4n) is 2.59. The van der Waals surface area contributed by atoms with Crippen LogP contribution in [0.5, 0.6) is 0 Å². The molecule has 0 aliphatic carbocycles. The molecule has 0 radical (unpaired) electrons. The minimum absolute atomic E-state index is 0.169. The van der Waals surface area contributed by atoms with Crippen LogP contribution < -0.4 is 5.32 Å². The quantitative estimate of drug-likeness (QED) is 0.704. The van der Waals surface area contributed by atoms with Crippen molar-refractivity contribution in [2.75, 3.05) is 32.1 Å². The molecule has 21 heavy (non-hydrogen) atoms. The van der Waals surface area contributed by atoms with Crippen LogP contribution in [0.3, 0.4) is 0 Å². The van der Waals surface area contributed by atoms with Gasteiger partial charge in [-0.05, 0) is 56.9 Å². The zero-order chi connectivity index (χ0) is 15.7. The molecule has 0 aromatic heterocycles. The van der Waals surface area contributed by atoms with Gasteiger partial charge < -0.3 is 10.2 Å². The Morgan fingerprint density at radius 2 is 1.90 bits per heavy atom. The molecule has 0 fully saturated rings. The van der Waals surface area contributed by atoms with E-state index >= 15 is 0 Å². The van der Waals surface area contributed by atoms with E-state index < -0.39 is 0 Å². The number of thioether (sulfide) groups is 1. The number of benzene rings is 1. The van der Waals surface area contributed by atoms with Gasteiger partial charge in [0.1, 0.15) is 5.82 Å². The number of halogens is 1. The van der Waals surface area contributed by atoms with E-state index in [1.807, 2.05) is 23.9 Å².